The van der Waals surface area contributed by atoms with Gasteiger partial charge in [-0.25, -0.2) is 0 Å². The number of benzene rings is 2. The lowest BCUT2D eigenvalue weighted by molar-refractivity contribution is -0.115. The number of carbonyl (C=O) groups is 2. The van der Waals surface area contributed by atoms with E-state index in [1.807, 2.05) is 55.5 Å². The minimum absolute atomic E-state index is 0.146. The van der Waals surface area contributed by atoms with Gasteiger partial charge in [0.2, 0.25) is 5.91 Å². The topological polar surface area (TPSA) is 96.1 Å². The summed E-state index contributed by atoms with van der Waals surface area (Å²) in [6, 6.07) is 17.1. The number of hydrogen-bond donors (Lipinski definition) is 3. The number of rotatable bonds is 7. The molecule has 2 heterocycles. The maximum Gasteiger partial charge on any atom is 0.261 e. The first-order valence-corrected chi connectivity index (χ1v) is 10.6. The monoisotopic (exact) mass is 434 g/mol. The van der Waals surface area contributed by atoms with Crippen molar-refractivity contribution in [2.45, 2.75) is 19.9 Å². The van der Waals surface area contributed by atoms with Gasteiger partial charge in [-0.15, -0.1) is 11.3 Å². The summed E-state index contributed by atoms with van der Waals surface area (Å²) in [5.74, 6) is 0.938. The van der Waals surface area contributed by atoms with Gasteiger partial charge in [-0.05, 0) is 36.2 Å². The van der Waals surface area contributed by atoms with Gasteiger partial charge in [0.15, 0.2) is 0 Å². The van der Waals surface area contributed by atoms with Gasteiger partial charge in [0.1, 0.15) is 16.4 Å². The summed E-state index contributed by atoms with van der Waals surface area (Å²) in [6.07, 6.45) is 0.265. The summed E-state index contributed by atoms with van der Waals surface area (Å²) >= 11 is 1.27. The Balaban J connectivity index is 1.40. The number of anilines is 1. The number of fused-ring (bicyclic) bond motifs is 1. The number of amides is 2. The van der Waals surface area contributed by atoms with Crippen LogP contribution in [0.4, 0.5) is 5.82 Å². The highest BCUT2D eigenvalue weighted by molar-refractivity contribution is 7.20. The molecule has 7 nitrogen and oxygen atoms in total. The molecule has 2 aromatic carbocycles. The van der Waals surface area contributed by atoms with Crippen LogP contribution in [0, 0.1) is 6.92 Å². The van der Waals surface area contributed by atoms with Crippen LogP contribution in [0.5, 0.6) is 5.75 Å². The molecule has 0 radical (unpaired) electrons. The highest BCUT2D eigenvalue weighted by atomic mass is 32.1. The first kappa shape index (κ1) is 20.6. The van der Waals surface area contributed by atoms with E-state index >= 15 is 0 Å². The molecule has 0 unspecified atom stereocenters. The Morgan fingerprint density at radius 2 is 1.90 bits per heavy atom. The number of H-pyrrole nitrogens is 1. The fraction of sp³-hybridized carbons (Fsp3) is 0.174. The zero-order valence-electron chi connectivity index (χ0n) is 17.2. The first-order chi connectivity index (χ1) is 15.0. The molecule has 0 fully saturated rings. The second kappa shape index (κ2) is 9.01. The second-order valence-corrected chi connectivity index (χ2v) is 8.20. The number of aromatic amines is 1. The molecule has 2 aromatic heterocycles. The molecular formula is C23H22N4O3S. The van der Waals surface area contributed by atoms with Gasteiger partial charge < -0.3 is 15.4 Å². The van der Waals surface area contributed by atoms with E-state index in [2.05, 4.69) is 20.8 Å². The minimum Gasteiger partial charge on any atom is -0.497 e. The van der Waals surface area contributed by atoms with E-state index < -0.39 is 0 Å². The number of hydrogen-bond acceptors (Lipinski definition) is 5. The van der Waals surface area contributed by atoms with Gasteiger partial charge in [-0.3, -0.25) is 14.7 Å². The Kier molecular flexibility index (Phi) is 5.99. The smallest absolute Gasteiger partial charge is 0.261 e. The SMILES string of the molecule is COc1ccc(CNC(=O)c2cc3c(NC(=O)Cc4cccc(C)c4)[nH]nc3s2)cc1. The Morgan fingerprint density at radius 1 is 1.10 bits per heavy atom. The minimum atomic E-state index is -0.184. The molecule has 158 valence electrons. The van der Waals surface area contributed by atoms with E-state index in [4.69, 9.17) is 4.74 Å². The van der Waals surface area contributed by atoms with Gasteiger partial charge >= 0.3 is 0 Å². The van der Waals surface area contributed by atoms with Crippen LogP contribution in [0.1, 0.15) is 26.4 Å². The molecule has 0 aliphatic heterocycles. The van der Waals surface area contributed by atoms with Crippen LogP contribution in [0.2, 0.25) is 0 Å². The predicted octanol–water partition coefficient (Wildman–Crippen LogP) is 4.05. The van der Waals surface area contributed by atoms with Crippen LogP contribution >= 0.6 is 11.3 Å². The van der Waals surface area contributed by atoms with Gasteiger partial charge in [0, 0.05) is 6.54 Å². The van der Waals surface area contributed by atoms with Crippen molar-refractivity contribution >= 4 is 39.2 Å². The van der Waals surface area contributed by atoms with Crippen LogP contribution in [0.25, 0.3) is 10.2 Å². The van der Waals surface area contributed by atoms with Crippen molar-refractivity contribution in [1.82, 2.24) is 15.5 Å². The summed E-state index contributed by atoms with van der Waals surface area (Å²) in [5, 5.41) is 13.5. The van der Waals surface area contributed by atoms with Crippen molar-refractivity contribution in [2.75, 3.05) is 12.4 Å². The largest absolute Gasteiger partial charge is 0.497 e. The normalized spacial score (nSPS) is 10.8. The van der Waals surface area contributed by atoms with Crippen LogP contribution < -0.4 is 15.4 Å². The zero-order chi connectivity index (χ0) is 21.8. The molecule has 0 saturated heterocycles. The van der Waals surface area contributed by atoms with Gasteiger partial charge in [0.05, 0.1) is 23.8 Å². The number of nitrogens with one attached hydrogen (secondary N) is 3. The second-order valence-electron chi connectivity index (χ2n) is 7.17. The van der Waals surface area contributed by atoms with Gasteiger partial charge in [-0.1, -0.05) is 42.0 Å². The maximum atomic E-state index is 12.6. The Hall–Kier alpha value is -3.65. The average molecular weight is 435 g/mol. The van der Waals surface area contributed by atoms with E-state index in [0.29, 0.717) is 22.1 Å². The molecular weight excluding hydrogens is 412 g/mol. The fourth-order valence-corrected chi connectivity index (χ4v) is 4.13. The molecule has 31 heavy (non-hydrogen) atoms. The average Bonchev–Trinajstić information content (AvgIpc) is 3.34. The summed E-state index contributed by atoms with van der Waals surface area (Å²) in [6.45, 7) is 2.40. The van der Waals surface area contributed by atoms with E-state index in [0.717, 1.165) is 27.8 Å². The molecule has 0 aliphatic carbocycles. The van der Waals surface area contributed by atoms with Crippen molar-refractivity contribution < 1.29 is 14.3 Å². The Bertz CT molecular complexity index is 1230. The quantitative estimate of drug-likeness (QED) is 0.409. The highest BCUT2D eigenvalue weighted by Crippen LogP contribution is 2.29. The number of ether oxygens (including phenoxy) is 1. The van der Waals surface area contributed by atoms with E-state index in [1.165, 1.54) is 11.3 Å². The van der Waals surface area contributed by atoms with Crippen molar-refractivity contribution in [3.05, 3.63) is 76.2 Å². The predicted molar refractivity (Wildman–Crippen MR) is 122 cm³/mol. The third kappa shape index (κ3) is 4.92. The molecule has 0 spiro atoms. The molecule has 0 saturated carbocycles. The molecule has 4 rings (SSSR count). The molecule has 0 atom stereocenters. The third-order valence-corrected chi connectivity index (χ3v) is 5.83. The third-order valence-electron chi connectivity index (χ3n) is 4.80. The number of nitrogens with zero attached hydrogens (tertiary/aromatic N) is 1. The lowest BCUT2D eigenvalue weighted by Crippen LogP contribution is -2.21. The lowest BCUT2D eigenvalue weighted by atomic mass is 10.1. The summed E-state index contributed by atoms with van der Waals surface area (Å²) in [4.78, 5) is 26.2. The number of aryl methyl sites for hydroxylation is 1. The maximum absolute atomic E-state index is 12.6. The summed E-state index contributed by atoms with van der Waals surface area (Å²) in [5.41, 5.74) is 3.02. The molecule has 3 N–H and O–H groups in total. The number of methoxy groups -OCH3 is 1. The Morgan fingerprint density at radius 3 is 2.65 bits per heavy atom. The van der Waals surface area contributed by atoms with Crippen LogP contribution in [-0.4, -0.2) is 29.1 Å². The highest BCUT2D eigenvalue weighted by Gasteiger charge is 2.16. The molecule has 0 bridgehead atoms. The first-order valence-electron chi connectivity index (χ1n) is 9.76. The number of carbonyl (C=O) groups excluding carboxylic acids is 2. The molecule has 4 aromatic rings. The van der Waals surface area contributed by atoms with E-state index in [9.17, 15) is 9.59 Å². The van der Waals surface area contributed by atoms with Crippen LogP contribution in [-0.2, 0) is 17.8 Å². The van der Waals surface area contributed by atoms with Gasteiger partial charge in [-0.2, -0.15) is 5.10 Å². The molecule has 2 amide bonds. The van der Waals surface area contributed by atoms with Crippen molar-refractivity contribution in [3.8, 4) is 5.75 Å². The van der Waals surface area contributed by atoms with Crippen molar-refractivity contribution in [2.24, 2.45) is 0 Å². The van der Waals surface area contributed by atoms with Crippen LogP contribution in [0.15, 0.2) is 54.6 Å². The van der Waals surface area contributed by atoms with E-state index in [-0.39, 0.29) is 18.2 Å². The molecule has 0 aliphatic rings. The zero-order valence-corrected chi connectivity index (χ0v) is 18.0. The standard InChI is InChI=1S/C23H22N4O3S/c1-14-4-3-5-16(10-14)11-20(28)25-21-18-12-19(31-23(18)27-26-21)22(29)24-13-15-6-8-17(30-2)9-7-15/h3-10,12H,11,13H2,1-2H3,(H,24,29)(H2,25,26,27,28). The van der Waals surface area contributed by atoms with Crippen molar-refractivity contribution in [3.63, 3.8) is 0 Å². The molecule has 8 heteroatoms. The van der Waals surface area contributed by atoms with Crippen molar-refractivity contribution in [1.29, 1.82) is 0 Å². The fourth-order valence-electron chi connectivity index (χ4n) is 3.22. The number of thiophene rings is 1. The van der Waals surface area contributed by atoms with Crippen LogP contribution in [0.3, 0.4) is 0 Å². The number of aromatic nitrogens is 2. The summed E-state index contributed by atoms with van der Waals surface area (Å²) in [7, 11) is 1.61. The Labute approximate surface area is 183 Å². The lowest BCUT2D eigenvalue weighted by Gasteiger charge is -2.05. The van der Waals surface area contributed by atoms with Gasteiger partial charge in [0.25, 0.3) is 5.91 Å². The van der Waals surface area contributed by atoms with E-state index in [1.54, 1.807) is 13.2 Å². The summed E-state index contributed by atoms with van der Waals surface area (Å²) < 4.78 is 5.14.